The average Bonchev–Trinajstić information content (AvgIpc) is 3.38. The second kappa shape index (κ2) is 8.65. The van der Waals surface area contributed by atoms with Gasteiger partial charge in [-0.2, -0.15) is 5.10 Å². The lowest BCUT2D eigenvalue weighted by molar-refractivity contribution is 0.0702. The van der Waals surface area contributed by atoms with E-state index in [0.717, 1.165) is 42.2 Å². The van der Waals surface area contributed by atoms with Gasteiger partial charge in [0.15, 0.2) is 0 Å². The highest BCUT2D eigenvalue weighted by molar-refractivity contribution is 7.13. The van der Waals surface area contributed by atoms with Gasteiger partial charge in [0.1, 0.15) is 10.7 Å². The number of carbonyl (C=O) groups is 1. The monoisotopic (exact) mass is 403 g/mol. The maximum atomic E-state index is 12.7. The van der Waals surface area contributed by atoms with Crippen LogP contribution in [0.1, 0.15) is 23.3 Å². The van der Waals surface area contributed by atoms with E-state index in [9.17, 15) is 4.79 Å². The molecule has 8 heteroatoms. The molecule has 0 bridgehead atoms. The number of para-hydroxylation sites is 1. The van der Waals surface area contributed by atoms with Crippen LogP contribution in [0.25, 0.3) is 16.3 Å². The molecule has 1 fully saturated rings. The topological polar surface area (TPSA) is 63.1 Å². The Morgan fingerprint density at radius 2 is 1.96 bits per heavy atom. The fourth-order valence-electron chi connectivity index (χ4n) is 3.19. The molecule has 2 aromatic heterocycles. The van der Waals surface area contributed by atoms with Crippen molar-refractivity contribution in [2.75, 3.05) is 20.1 Å². The van der Waals surface area contributed by atoms with Crippen molar-refractivity contribution in [1.29, 1.82) is 0 Å². The van der Waals surface area contributed by atoms with Crippen molar-refractivity contribution < 1.29 is 4.79 Å². The van der Waals surface area contributed by atoms with E-state index >= 15 is 0 Å². The summed E-state index contributed by atoms with van der Waals surface area (Å²) in [6.45, 7) is 1.56. The fraction of sp³-hybridized carbons (Fsp3) is 0.316. The molecule has 3 heterocycles. The van der Waals surface area contributed by atoms with Crippen LogP contribution in [0.3, 0.4) is 0 Å². The lowest BCUT2D eigenvalue weighted by Gasteiger charge is -2.31. The Balaban J connectivity index is 0.00000210. The molecular weight excluding hydrogens is 382 g/mol. The summed E-state index contributed by atoms with van der Waals surface area (Å²) >= 11 is 1.48. The molecule has 0 saturated carbocycles. The highest BCUT2D eigenvalue weighted by Crippen LogP contribution is 2.25. The van der Waals surface area contributed by atoms with Gasteiger partial charge in [0.2, 0.25) is 0 Å². The number of thiazole rings is 1. The third-order valence-corrected chi connectivity index (χ3v) is 5.66. The molecular formula is C19H22ClN5OS. The quantitative estimate of drug-likeness (QED) is 0.726. The summed E-state index contributed by atoms with van der Waals surface area (Å²) in [4.78, 5) is 19.2. The Bertz CT molecular complexity index is 886. The van der Waals surface area contributed by atoms with E-state index in [1.54, 1.807) is 6.20 Å². The van der Waals surface area contributed by atoms with Gasteiger partial charge >= 0.3 is 0 Å². The van der Waals surface area contributed by atoms with Crippen molar-refractivity contribution >= 4 is 29.7 Å². The Hall–Kier alpha value is -2.22. The van der Waals surface area contributed by atoms with E-state index in [-0.39, 0.29) is 18.3 Å². The summed E-state index contributed by atoms with van der Waals surface area (Å²) < 4.78 is 1.82. The van der Waals surface area contributed by atoms with Gasteiger partial charge in [-0.3, -0.25) is 4.79 Å². The van der Waals surface area contributed by atoms with E-state index < -0.39 is 0 Å². The Morgan fingerprint density at radius 1 is 1.22 bits per heavy atom. The summed E-state index contributed by atoms with van der Waals surface area (Å²) in [5.41, 5.74) is 2.45. The van der Waals surface area contributed by atoms with E-state index in [1.807, 2.05) is 58.5 Å². The summed E-state index contributed by atoms with van der Waals surface area (Å²) in [5.74, 6) is 0.0255. The SMILES string of the molecule is CNC1CCN(C(=O)c2csc(-c3cnn(-c4ccccc4)c3)n2)CC1.Cl. The molecule has 6 nitrogen and oxygen atoms in total. The van der Waals surface area contributed by atoms with Crippen LogP contribution in [0.4, 0.5) is 0 Å². The van der Waals surface area contributed by atoms with Gasteiger partial charge < -0.3 is 10.2 Å². The van der Waals surface area contributed by atoms with Crippen molar-refractivity contribution in [2.24, 2.45) is 0 Å². The first kappa shape index (κ1) is 19.5. The van der Waals surface area contributed by atoms with Crippen LogP contribution in [-0.4, -0.2) is 51.8 Å². The zero-order valence-electron chi connectivity index (χ0n) is 15.0. The van der Waals surface area contributed by atoms with Crippen LogP contribution in [-0.2, 0) is 0 Å². The number of piperidine rings is 1. The van der Waals surface area contributed by atoms with Crippen molar-refractivity contribution in [3.8, 4) is 16.3 Å². The first-order chi connectivity index (χ1) is 12.7. The number of halogens is 1. The molecule has 1 aliphatic rings. The minimum atomic E-state index is 0. The van der Waals surface area contributed by atoms with Crippen molar-refractivity contribution in [1.82, 2.24) is 25.0 Å². The van der Waals surface area contributed by atoms with Crippen molar-refractivity contribution in [2.45, 2.75) is 18.9 Å². The zero-order valence-corrected chi connectivity index (χ0v) is 16.7. The normalized spacial score (nSPS) is 14.8. The first-order valence-corrected chi connectivity index (χ1v) is 9.65. The number of rotatable bonds is 4. The minimum absolute atomic E-state index is 0. The number of aromatic nitrogens is 3. The van der Waals surface area contributed by atoms with Crippen LogP contribution in [0.5, 0.6) is 0 Å². The van der Waals surface area contributed by atoms with Crippen LogP contribution < -0.4 is 5.32 Å². The standard InChI is InChI=1S/C19H21N5OS.ClH/c1-20-15-7-9-23(10-8-15)19(25)17-13-26-18(22-17)14-11-21-24(12-14)16-5-3-2-4-6-16;/h2-6,11-13,15,20H,7-10H2,1H3;1H. The zero-order chi connectivity index (χ0) is 17.9. The first-order valence-electron chi connectivity index (χ1n) is 8.77. The predicted molar refractivity (Wildman–Crippen MR) is 110 cm³/mol. The van der Waals surface area contributed by atoms with E-state index in [4.69, 9.17) is 0 Å². The second-order valence-electron chi connectivity index (χ2n) is 6.40. The third kappa shape index (κ3) is 4.21. The summed E-state index contributed by atoms with van der Waals surface area (Å²) in [5, 5.41) is 10.4. The Kier molecular flexibility index (Phi) is 6.26. The molecule has 1 aliphatic heterocycles. The highest BCUT2D eigenvalue weighted by atomic mass is 35.5. The third-order valence-electron chi connectivity index (χ3n) is 4.76. The van der Waals surface area contributed by atoms with Crippen molar-refractivity contribution in [3.63, 3.8) is 0 Å². The molecule has 3 aromatic rings. The lowest BCUT2D eigenvalue weighted by Crippen LogP contribution is -2.44. The molecule has 4 rings (SSSR count). The van der Waals surface area contributed by atoms with E-state index in [2.05, 4.69) is 15.4 Å². The fourth-order valence-corrected chi connectivity index (χ4v) is 3.96. The number of hydrogen-bond acceptors (Lipinski definition) is 5. The van der Waals surface area contributed by atoms with Crippen LogP contribution in [0.15, 0.2) is 48.1 Å². The molecule has 0 atom stereocenters. The van der Waals surface area contributed by atoms with Gasteiger partial charge in [0.05, 0.1) is 11.9 Å². The summed E-state index contributed by atoms with van der Waals surface area (Å²) in [6.07, 6.45) is 5.71. The lowest BCUT2D eigenvalue weighted by atomic mass is 10.1. The molecule has 1 aromatic carbocycles. The number of likely N-dealkylation sites (tertiary alicyclic amines) is 1. The van der Waals surface area contributed by atoms with Crippen molar-refractivity contribution in [3.05, 3.63) is 53.8 Å². The minimum Gasteiger partial charge on any atom is -0.337 e. The smallest absolute Gasteiger partial charge is 0.273 e. The summed E-state index contributed by atoms with van der Waals surface area (Å²) in [7, 11) is 1.98. The molecule has 142 valence electrons. The number of amides is 1. The van der Waals surface area contributed by atoms with Gasteiger partial charge in [0, 0.05) is 36.3 Å². The Morgan fingerprint density at radius 3 is 2.67 bits per heavy atom. The number of nitrogens with one attached hydrogen (secondary N) is 1. The van der Waals surface area contributed by atoms with Gasteiger partial charge in [-0.25, -0.2) is 9.67 Å². The largest absolute Gasteiger partial charge is 0.337 e. The molecule has 0 aliphatic carbocycles. The average molecular weight is 404 g/mol. The van der Waals surface area contributed by atoms with Gasteiger partial charge in [0.25, 0.3) is 5.91 Å². The molecule has 0 radical (unpaired) electrons. The second-order valence-corrected chi connectivity index (χ2v) is 7.26. The molecule has 0 spiro atoms. The number of hydrogen-bond donors (Lipinski definition) is 1. The Labute approximate surface area is 168 Å². The van der Waals surface area contributed by atoms with E-state index in [1.165, 1.54) is 11.3 Å². The van der Waals surface area contributed by atoms with Gasteiger partial charge in [-0.15, -0.1) is 23.7 Å². The molecule has 27 heavy (non-hydrogen) atoms. The van der Waals surface area contributed by atoms with Crippen LogP contribution in [0.2, 0.25) is 0 Å². The molecule has 1 N–H and O–H groups in total. The molecule has 1 amide bonds. The molecule has 0 unspecified atom stereocenters. The number of carbonyl (C=O) groups excluding carboxylic acids is 1. The van der Waals surface area contributed by atoms with Crippen LogP contribution in [0, 0.1) is 0 Å². The summed E-state index contributed by atoms with van der Waals surface area (Å²) in [6, 6.07) is 10.5. The van der Waals surface area contributed by atoms with Gasteiger partial charge in [-0.05, 0) is 32.0 Å². The maximum Gasteiger partial charge on any atom is 0.273 e. The maximum absolute atomic E-state index is 12.7. The van der Waals surface area contributed by atoms with Gasteiger partial charge in [-0.1, -0.05) is 18.2 Å². The molecule has 1 saturated heterocycles. The number of nitrogens with zero attached hydrogens (tertiary/aromatic N) is 4. The van der Waals surface area contributed by atoms with E-state index in [0.29, 0.717) is 11.7 Å². The number of benzene rings is 1. The predicted octanol–water partition coefficient (Wildman–Crippen LogP) is 3.24. The highest BCUT2D eigenvalue weighted by Gasteiger charge is 2.24. The van der Waals surface area contributed by atoms with Crippen LogP contribution >= 0.6 is 23.7 Å².